The molecule has 1 aromatic heterocycles. The number of nitrogens with one attached hydrogen (secondary N) is 1. The van der Waals surface area contributed by atoms with Crippen LogP contribution >= 0.6 is 0 Å². The molecule has 5 nitrogen and oxygen atoms in total. The number of halogens is 1. The number of alkyl halides is 1. The number of urea groups is 1. The Bertz CT molecular complexity index is 473. The molecule has 6 heteroatoms. The fraction of sp³-hybridized carbons (Fsp3) is 0.714. The van der Waals surface area contributed by atoms with Gasteiger partial charge in [-0.2, -0.15) is 5.10 Å². The lowest BCUT2D eigenvalue weighted by Gasteiger charge is -2.47. The molecule has 0 atom stereocenters. The van der Waals surface area contributed by atoms with E-state index in [0.29, 0.717) is 11.1 Å². The van der Waals surface area contributed by atoms with Gasteiger partial charge in [-0.3, -0.25) is 4.68 Å². The zero-order chi connectivity index (χ0) is 14.0. The maximum Gasteiger partial charge on any atom is 0.321 e. The molecule has 0 radical (unpaired) electrons. The standard InChI is InChI=1S/C14H21FN4O/c15-6-9-19-11-12(10-16-19)17-13(20)18-7-4-14(5-8-18)2-1-3-14/h10-11H,1-9H2,(H,17,20). The number of carbonyl (C=O) groups excluding carboxylic acids is 1. The Morgan fingerprint density at radius 1 is 1.35 bits per heavy atom. The van der Waals surface area contributed by atoms with E-state index < -0.39 is 6.67 Å². The summed E-state index contributed by atoms with van der Waals surface area (Å²) in [5.41, 5.74) is 1.18. The number of nitrogens with zero attached hydrogens (tertiary/aromatic N) is 3. The second kappa shape index (κ2) is 5.42. The van der Waals surface area contributed by atoms with Crippen molar-refractivity contribution in [2.24, 2.45) is 5.41 Å². The number of piperidine rings is 1. The van der Waals surface area contributed by atoms with Crippen molar-refractivity contribution in [3.63, 3.8) is 0 Å². The lowest BCUT2D eigenvalue weighted by atomic mass is 9.63. The van der Waals surface area contributed by atoms with Crippen molar-refractivity contribution in [2.75, 3.05) is 25.1 Å². The van der Waals surface area contributed by atoms with Gasteiger partial charge in [0.25, 0.3) is 0 Å². The third kappa shape index (κ3) is 2.64. The van der Waals surface area contributed by atoms with Gasteiger partial charge in [0.1, 0.15) is 6.67 Å². The van der Waals surface area contributed by atoms with Crippen LogP contribution in [0.5, 0.6) is 0 Å². The van der Waals surface area contributed by atoms with E-state index in [1.165, 1.54) is 23.9 Å². The Balaban J connectivity index is 1.51. The molecule has 3 rings (SSSR count). The highest BCUT2D eigenvalue weighted by Gasteiger charge is 2.40. The fourth-order valence-corrected chi connectivity index (χ4v) is 3.20. The van der Waals surface area contributed by atoms with Crippen molar-refractivity contribution in [1.29, 1.82) is 0 Å². The van der Waals surface area contributed by atoms with Gasteiger partial charge in [-0.25, -0.2) is 9.18 Å². The summed E-state index contributed by atoms with van der Waals surface area (Å²) in [5.74, 6) is 0. The molecule has 0 bridgehead atoms. The Labute approximate surface area is 118 Å². The van der Waals surface area contributed by atoms with E-state index in [1.54, 1.807) is 12.4 Å². The summed E-state index contributed by atoms with van der Waals surface area (Å²) in [7, 11) is 0. The summed E-state index contributed by atoms with van der Waals surface area (Å²) in [5, 5.41) is 6.83. The summed E-state index contributed by atoms with van der Waals surface area (Å²) in [4.78, 5) is 14.0. The summed E-state index contributed by atoms with van der Waals surface area (Å²) >= 11 is 0. The zero-order valence-electron chi connectivity index (χ0n) is 11.6. The molecule has 110 valence electrons. The average molecular weight is 280 g/mol. The number of hydrogen-bond donors (Lipinski definition) is 1. The van der Waals surface area contributed by atoms with Crippen LogP contribution in [0, 0.1) is 5.41 Å². The summed E-state index contributed by atoms with van der Waals surface area (Å²) < 4.78 is 13.7. The number of amides is 2. The van der Waals surface area contributed by atoms with Gasteiger partial charge < -0.3 is 10.2 Å². The highest BCUT2D eigenvalue weighted by molar-refractivity contribution is 5.89. The first-order valence-corrected chi connectivity index (χ1v) is 7.35. The maximum atomic E-state index is 12.2. The van der Waals surface area contributed by atoms with Crippen molar-refractivity contribution < 1.29 is 9.18 Å². The predicted octanol–water partition coefficient (Wildman–Crippen LogP) is 2.65. The normalized spacial score (nSPS) is 20.8. The molecule has 1 aliphatic heterocycles. The Kier molecular flexibility index (Phi) is 3.63. The molecule has 20 heavy (non-hydrogen) atoms. The second-order valence-electron chi connectivity index (χ2n) is 5.95. The van der Waals surface area contributed by atoms with Crippen molar-refractivity contribution >= 4 is 11.7 Å². The van der Waals surface area contributed by atoms with Crippen LogP contribution in [0.4, 0.5) is 14.9 Å². The van der Waals surface area contributed by atoms with Gasteiger partial charge >= 0.3 is 6.03 Å². The smallest absolute Gasteiger partial charge is 0.321 e. The van der Waals surface area contributed by atoms with Gasteiger partial charge in [0, 0.05) is 19.3 Å². The first-order chi connectivity index (χ1) is 9.71. The molecule has 0 unspecified atom stereocenters. The van der Waals surface area contributed by atoms with Gasteiger partial charge in [-0.15, -0.1) is 0 Å². The molecule has 2 heterocycles. The molecule has 1 aliphatic carbocycles. The van der Waals surface area contributed by atoms with Crippen LogP contribution in [0.3, 0.4) is 0 Å². The molecule has 0 aromatic carbocycles. The van der Waals surface area contributed by atoms with Crippen molar-refractivity contribution in [2.45, 2.75) is 38.6 Å². The molecule has 1 spiro atoms. The average Bonchev–Trinajstić information content (AvgIpc) is 2.85. The number of aryl methyl sites for hydroxylation is 1. The molecule has 2 aliphatic rings. The van der Waals surface area contributed by atoms with Crippen molar-refractivity contribution in [1.82, 2.24) is 14.7 Å². The molecular formula is C14H21FN4O. The van der Waals surface area contributed by atoms with Crippen LogP contribution in [0.1, 0.15) is 32.1 Å². The van der Waals surface area contributed by atoms with E-state index in [0.717, 1.165) is 25.9 Å². The van der Waals surface area contributed by atoms with E-state index in [9.17, 15) is 9.18 Å². The van der Waals surface area contributed by atoms with Crippen LogP contribution < -0.4 is 5.32 Å². The SMILES string of the molecule is O=C(Nc1cnn(CCF)c1)N1CCC2(CCC2)CC1. The predicted molar refractivity (Wildman–Crippen MR) is 74.3 cm³/mol. The van der Waals surface area contributed by atoms with Crippen LogP contribution in [0.15, 0.2) is 12.4 Å². The fourth-order valence-electron chi connectivity index (χ4n) is 3.20. The van der Waals surface area contributed by atoms with Crippen LogP contribution in [0.2, 0.25) is 0 Å². The third-order valence-electron chi connectivity index (χ3n) is 4.72. The molecule has 2 amide bonds. The molecule has 1 aromatic rings. The number of aromatic nitrogens is 2. The minimum Gasteiger partial charge on any atom is -0.324 e. The van der Waals surface area contributed by atoms with Gasteiger partial charge in [-0.05, 0) is 31.1 Å². The largest absolute Gasteiger partial charge is 0.324 e. The van der Waals surface area contributed by atoms with E-state index in [-0.39, 0.29) is 12.6 Å². The minimum atomic E-state index is -0.455. The second-order valence-corrected chi connectivity index (χ2v) is 5.95. The van der Waals surface area contributed by atoms with Crippen LogP contribution in [-0.4, -0.2) is 40.5 Å². The van der Waals surface area contributed by atoms with E-state index in [1.807, 2.05) is 4.90 Å². The van der Waals surface area contributed by atoms with Gasteiger partial charge in [0.15, 0.2) is 0 Å². The molecule has 1 N–H and O–H groups in total. The van der Waals surface area contributed by atoms with Gasteiger partial charge in [0.2, 0.25) is 0 Å². The highest BCUT2D eigenvalue weighted by Crippen LogP contribution is 2.48. The monoisotopic (exact) mass is 280 g/mol. The number of carbonyl (C=O) groups is 1. The molecule has 1 saturated heterocycles. The van der Waals surface area contributed by atoms with Gasteiger partial charge in [0.05, 0.1) is 18.4 Å². The highest BCUT2D eigenvalue weighted by atomic mass is 19.1. The Hall–Kier alpha value is -1.59. The molecule has 1 saturated carbocycles. The summed E-state index contributed by atoms with van der Waals surface area (Å²) in [6, 6.07) is -0.0704. The summed E-state index contributed by atoms with van der Waals surface area (Å²) in [6.07, 6.45) is 9.49. The molecule has 2 fully saturated rings. The first kappa shape index (κ1) is 13.4. The number of anilines is 1. The maximum absolute atomic E-state index is 12.2. The zero-order valence-corrected chi connectivity index (χ0v) is 11.6. The van der Waals surface area contributed by atoms with Crippen molar-refractivity contribution in [3.05, 3.63) is 12.4 Å². The number of rotatable bonds is 3. The van der Waals surface area contributed by atoms with E-state index in [2.05, 4.69) is 10.4 Å². The third-order valence-corrected chi connectivity index (χ3v) is 4.72. The Morgan fingerprint density at radius 3 is 2.70 bits per heavy atom. The lowest BCUT2D eigenvalue weighted by molar-refractivity contribution is 0.0487. The summed E-state index contributed by atoms with van der Waals surface area (Å²) in [6.45, 7) is 1.44. The minimum absolute atomic E-state index is 0.0704. The van der Waals surface area contributed by atoms with Crippen molar-refractivity contribution in [3.8, 4) is 0 Å². The Morgan fingerprint density at radius 2 is 2.10 bits per heavy atom. The van der Waals surface area contributed by atoms with Crippen LogP contribution in [-0.2, 0) is 6.54 Å². The number of hydrogen-bond acceptors (Lipinski definition) is 2. The first-order valence-electron chi connectivity index (χ1n) is 7.35. The van der Waals surface area contributed by atoms with Gasteiger partial charge in [-0.1, -0.05) is 6.42 Å². The van der Waals surface area contributed by atoms with E-state index >= 15 is 0 Å². The van der Waals surface area contributed by atoms with Crippen LogP contribution in [0.25, 0.3) is 0 Å². The molecular weight excluding hydrogens is 259 g/mol. The topological polar surface area (TPSA) is 50.2 Å². The quantitative estimate of drug-likeness (QED) is 0.925. The number of likely N-dealkylation sites (tertiary alicyclic amines) is 1. The van der Waals surface area contributed by atoms with E-state index in [4.69, 9.17) is 0 Å². The lowest BCUT2D eigenvalue weighted by Crippen LogP contribution is -2.47.